The number of aromatic carboxylic acids is 1. The highest BCUT2D eigenvalue weighted by Gasteiger charge is 2.12. The number of nitrogens with zero attached hydrogens (tertiary/aromatic N) is 1. The summed E-state index contributed by atoms with van der Waals surface area (Å²) in [4.78, 5) is 24.2. The van der Waals surface area contributed by atoms with Gasteiger partial charge in [-0.3, -0.25) is 0 Å². The predicted octanol–water partition coefficient (Wildman–Crippen LogP) is 1.99. The number of carboxylic acids is 1. The van der Waals surface area contributed by atoms with Crippen molar-refractivity contribution in [3.05, 3.63) is 28.2 Å². The quantitative estimate of drug-likeness (QED) is 0.770. The first kappa shape index (κ1) is 15.5. The number of carbonyl (C=O) groups excluding carboxylic acids is 1. The van der Waals surface area contributed by atoms with E-state index in [2.05, 4.69) is 21.2 Å². The van der Waals surface area contributed by atoms with E-state index in [-0.39, 0.29) is 24.7 Å². The Morgan fingerprint density at radius 2 is 2.05 bits per heavy atom. The molecule has 0 aliphatic rings. The molecular formula is C12H15BrN2O4. The molecule has 1 aromatic carbocycles. The van der Waals surface area contributed by atoms with Crippen molar-refractivity contribution >= 4 is 33.6 Å². The number of amides is 2. The fourth-order valence-electron chi connectivity index (χ4n) is 1.51. The molecule has 7 heteroatoms. The minimum absolute atomic E-state index is 0.0786. The zero-order valence-corrected chi connectivity index (χ0v) is 12.0. The first-order valence-electron chi connectivity index (χ1n) is 5.68. The fourth-order valence-corrected chi connectivity index (χ4v) is 2.01. The molecule has 19 heavy (non-hydrogen) atoms. The van der Waals surface area contributed by atoms with Crippen LogP contribution in [0.3, 0.4) is 0 Å². The van der Waals surface area contributed by atoms with Gasteiger partial charge in [-0.15, -0.1) is 0 Å². The van der Waals surface area contributed by atoms with E-state index in [1.165, 1.54) is 17.0 Å². The third-order valence-electron chi connectivity index (χ3n) is 2.43. The summed E-state index contributed by atoms with van der Waals surface area (Å²) in [5, 5.41) is 20.4. The molecule has 0 aliphatic carbocycles. The molecule has 6 nitrogen and oxygen atoms in total. The molecule has 104 valence electrons. The molecule has 0 bridgehead atoms. The summed E-state index contributed by atoms with van der Waals surface area (Å²) in [7, 11) is 0. The average Bonchev–Trinajstić information content (AvgIpc) is 2.34. The van der Waals surface area contributed by atoms with E-state index in [9.17, 15) is 9.59 Å². The standard InChI is InChI=1S/C12H15BrN2O4/c1-2-15(3-4-16)12(19)14-10-6-8(11(17)18)5-9(13)7-10/h5-7,16H,2-4H2,1H3,(H,14,19)(H,17,18). The lowest BCUT2D eigenvalue weighted by molar-refractivity contribution is 0.0697. The van der Waals surface area contributed by atoms with E-state index in [0.29, 0.717) is 16.7 Å². The molecule has 0 spiro atoms. The van der Waals surface area contributed by atoms with Crippen molar-refractivity contribution in [2.24, 2.45) is 0 Å². The number of halogens is 1. The van der Waals surface area contributed by atoms with Gasteiger partial charge in [0.2, 0.25) is 0 Å². The third kappa shape index (κ3) is 4.53. The number of rotatable bonds is 5. The Morgan fingerprint density at radius 1 is 1.37 bits per heavy atom. The predicted molar refractivity (Wildman–Crippen MR) is 74.5 cm³/mol. The van der Waals surface area contributed by atoms with Gasteiger partial charge in [0.25, 0.3) is 0 Å². The van der Waals surface area contributed by atoms with Gasteiger partial charge in [-0.1, -0.05) is 15.9 Å². The lowest BCUT2D eigenvalue weighted by Gasteiger charge is -2.20. The zero-order valence-electron chi connectivity index (χ0n) is 10.4. The van der Waals surface area contributed by atoms with Gasteiger partial charge in [0.05, 0.1) is 12.2 Å². The summed E-state index contributed by atoms with van der Waals surface area (Å²) in [5.41, 5.74) is 0.461. The van der Waals surface area contributed by atoms with E-state index in [1.807, 2.05) is 0 Å². The number of urea groups is 1. The molecule has 0 saturated carbocycles. The number of aliphatic hydroxyl groups excluding tert-OH is 1. The summed E-state index contributed by atoms with van der Waals surface area (Å²) >= 11 is 3.19. The molecule has 0 atom stereocenters. The number of carboxylic acid groups (broad SMARTS) is 1. The maximum absolute atomic E-state index is 11.9. The number of carbonyl (C=O) groups is 2. The lowest BCUT2D eigenvalue weighted by atomic mass is 10.2. The molecule has 1 rings (SSSR count). The highest BCUT2D eigenvalue weighted by Crippen LogP contribution is 2.20. The second-order valence-electron chi connectivity index (χ2n) is 3.77. The number of benzene rings is 1. The number of nitrogens with one attached hydrogen (secondary N) is 1. The second kappa shape index (κ2) is 7.10. The maximum atomic E-state index is 11.9. The minimum atomic E-state index is -1.07. The van der Waals surface area contributed by atoms with E-state index < -0.39 is 5.97 Å². The van der Waals surface area contributed by atoms with Gasteiger partial charge in [0.1, 0.15) is 0 Å². The number of aliphatic hydroxyl groups is 1. The topological polar surface area (TPSA) is 89.9 Å². The van der Waals surface area contributed by atoms with Crippen LogP contribution >= 0.6 is 15.9 Å². The third-order valence-corrected chi connectivity index (χ3v) is 2.89. The van der Waals surface area contributed by atoms with Crippen LogP contribution in [-0.2, 0) is 0 Å². The molecule has 0 saturated heterocycles. The SMILES string of the molecule is CCN(CCO)C(=O)Nc1cc(Br)cc(C(=O)O)c1. The average molecular weight is 331 g/mol. The Balaban J connectivity index is 2.87. The summed E-state index contributed by atoms with van der Waals surface area (Å²) < 4.78 is 0.563. The van der Waals surface area contributed by atoms with Gasteiger partial charge in [-0.05, 0) is 25.1 Å². The smallest absolute Gasteiger partial charge is 0.335 e. The molecule has 0 unspecified atom stereocenters. The summed E-state index contributed by atoms with van der Waals surface area (Å²) in [6.45, 7) is 2.34. The Labute approximate surface area is 119 Å². The van der Waals surface area contributed by atoms with Crippen molar-refractivity contribution in [3.8, 4) is 0 Å². The Hall–Kier alpha value is -1.60. The minimum Gasteiger partial charge on any atom is -0.478 e. The van der Waals surface area contributed by atoms with Crippen LogP contribution in [0.4, 0.5) is 10.5 Å². The highest BCUT2D eigenvalue weighted by molar-refractivity contribution is 9.10. The molecule has 3 N–H and O–H groups in total. The normalized spacial score (nSPS) is 10.1. The number of likely N-dealkylation sites (N-methyl/N-ethyl adjacent to an activating group) is 1. The Bertz CT molecular complexity index is 479. The van der Waals surface area contributed by atoms with Crippen LogP contribution in [0.25, 0.3) is 0 Å². The van der Waals surface area contributed by atoms with Crippen LogP contribution in [0.15, 0.2) is 22.7 Å². The van der Waals surface area contributed by atoms with Gasteiger partial charge in [-0.25, -0.2) is 9.59 Å². The van der Waals surface area contributed by atoms with Gasteiger partial charge in [0.15, 0.2) is 0 Å². The number of anilines is 1. The Kier molecular flexibility index (Phi) is 5.78. The van der Waals surface area contributed by atoms with Gasteiger partial charge in [-0.2, -0.15) is 0 Å². The fraction of sp³-hybridized carbons (Fsp3) is 0.333. The van der Waals surface area contributed by atoms with Gasteiger partial charge in [0, 0.05) is 23.2 Å². The van der Waals surface area contributed by atoms with Crippen LogP contribution in [0, 0.1) is 0 Å². The van der Waals surface area contributed by atoms with Crippen LogP contribution in [0.1, 0.15) is 17.3 Å². The number of hydrogen-bond donors (Lipinski definition) is 3. The molecule has 0 heterocycles. The number of hydrogen-bond acceptors (Lipinski definition) is 3. The van der Waals surface area contributed by atoms with Crippen molar-refractivity contribution in [2.75, 3.05) is 25.0 Å². The van der Waals surface area contributed by atoms with Crippen LogP contribution in [0.2, 0.25) is 0 Å². The molecule has 0 fully saturated rings. The second-order valence-corrected chi connectivity index (χ2v) is 4.68. The van der Waals surface area contributed by atoms with Gasteiger partial charge < -0.3 is 20.4 Å². The molecule has 0 aromatic heterocycles. The molecule has 2 amide bonds. The zero-order chi connectivity index (χ0) is 14.4. The molecule has 1 aromatic rings. The van der Waals surface area contributed by atoms with Crippen molar-refractivity contribution in [1.29, 1.82) is 0 Å². The van der Waals surface area contributed by atoms with E-state index >= 15 is 0 Å². The van der Waals surface area contributed by atoms with Crippen molar-refractivity contribution in [1.82, 2.24) is 4.90 Å². The highest BCUT2D eigenvalue weighted by atomic mass is 79.9. The molecular weight excluding hydrogens is 316 g/mol. The monoisotopic (exact) mass is 330 g/mol. The van der Waals surface area contributed by atoms with E-state index in [1.54, 1.807) is 13.0 Å². The lowest BCUT2D eigenvalue weighted by Crippen LogP contribution is -2.36. The molecule has 0 radical (unpaired) electrons. The summed E-state index contributed by atoms with van der Waals surface area (Å²) in [5.74, 6) is -1.07. The van der Waals surface area contributed by atoms with Crippen molar-refractivity contribution in [2.45, 2.75) is 6.92 Å². The first-order chi connectivity index (χ1) is 8.97. The summed E-state index contributed by atoms with van der Waals surface area (Å²) in [6.07, 6.45) is 0. The van der Waals surface area contributed by atoms with Crippen LogP contribution in [-0.4, -0.2) is 46.8 Å². The van der Waals surface area contributed by atoms with Crippen LogP contribution in [0.5, 0.6) is 0 Å². The van der Waals surface area contributed by atoms with Crippen molar-refractivity contribution < 1.29 is 19.8 Å². The largest absolute Gasteiger partial charge is 0.478 e. The molecule has 0 aliphatic heterocycles. The van der Waals surface area contributed by atoms with E-state index in [0.717, 1.165) is 0 Å². The maximum Gasteiger partial charge on any atom is 0.335 e. The van der Waals surface area contributed by atoms with Crippen molar-refractivity contribution in [3.63, 3.8) is 0 Å². The summed E-state index contributed by atoms with van der Waals surface area (Å²) in [6, 6.07) is 4.05. The van der Waals surface area contributed by atoms with Gasteiger partial charge >= 0.3 is 12.0 Å². The Morgan fingerprint density at radius 3 is 2.58 bits per heavy atom. The van der Waals surface area contributed by atoms with Crippen LogP contribution < -0.4 is 5.32 Å². The van der Waals surface area contributed by atoms with E-state index in [4.69, 9.17) is 10.2 Å². The first-order valence-corrected chi connectivity index (χ1v) is 6.48.